The molecule has 0 spiro atoms. The Labute approximate surface area is 131 Å². The van der Waals surface area contributed by atoms with E-state index in [9.17, 15) is 21.6 Å². The normalized spacial score (nSPS) is 19.5. The van der Waals surface area contributed by atoms with E-state index >= 15 is 0 Å². The quantitative estimate of drug-likeness (QED) is 0.808. The number of nitrogens with zero attached hydrogens (tertiary/aromatic N) is 3. The highest BCUT2D eigenvalue weighted by atomic mass is 32.2. The molecule has 0 aromatic carbocycles. The first-order chi connectivity index (χ1) is 10.7. The molecule has 23 heavy (non-hydrogen) atoms. The lowest BCUT2D eigenvalue weighted by atomic mass is 10.3. The minimum atomic E-state index is -4.51. The molecule has 1 aromatic rings. The van der Waals surface area contributed by atoms with E-state index in [4.69, 9.17) is 10.00 Å². The SMILES string of the molecule is N#Cc1ccnc(OC2CCN(S(=O)(=O)CCC(F)(F)F)C2)c1. The minimum Gasteiger partial charge on any atom is -0.473 e. The maximum absolute atomic E-state index is 12.2. The Bertz CT molecular complexity index is 700. The van der Waals surface area contributed by atoms with Gasteiger partial charge in [0.25, 0.3) is 0 Å². The lowest BCUT2D eigenvalue weighted by Gasteiger charge is -2.17. The summed E-state index contributed by atoms with van der Waals surface area (Å²) in [6.45, 7) is 0.0709. The largest absolute Gasteiger partial charge is 0.473 e. The summed E-state index contributed by atoms with van der Waals surface area (Å²) < 4.78 is 66.8. The summed E-state index contributed by atoms with van der Waals surface area (Å²) in [6.07, 6.45) is -4.64. The molecule has 126 valence electrons. The van der Waals surface area contributed by atoms with Crippen molar-refractivity contribution in [1.29, 1.82) is 5.26 Å². The molecule has 0 saturated carbocycles. The van der Waals surface area contributed by atoms with Crippen molar-refractivity contribution >= 4 is 10.0 Å². The highest BCUT2D eigenvalue weighted by Crippen LogP contribution is 2.24. The van der Waals surface area contributed by atoms with E-state index in [2.05, 4.69) is 4.98 Å². The Morgan fingerprint density at radius 1 is 1.48 bits per heavy atom. The predicted octanol–water partition coefficient (Wildman–Crippen LogP) is 1.69. The number of alkyl halides is 3. The summed E-state index contributed by atoms with van der Waals surface area (Å²) >= 11 is 0. The number of aromatic nitrogens is 1. The summed E-state index contributed by atoms with van der Waals surface area (Å²) in [7, 11) is -3.97. The van der Waals surface area contributed by atoms with E-state index in [1.165, 1.54) is 18.3 Å². The van der Waals surface area contributed by atoms with Crippen LogP contribution in [0.2, 0.25) is 0 Å². The first-order valence-electron chi connectivity index (χ1n) is 6.77. The molecule has 1 saturated heterocycles. The van der Waals surface area contributed by atoms with Gasteiger partial charge in [-0.05, 0) is 12.5 Å². The van der Waals surface area contributed by atoms with Crippen LogP contribution in [-0.2, 0) is 10.0 Å². The number of halogens is 3. The highest BCUT2D eigenvalue weighted by molar-refractivity contribution is 7.89. The third-order valence-electron chi connectivity index (χ3n) is 3.30. The van der Waals surface area contributed by atoms with Gasteiger partial charge in [0, 0.05) is 18.8 Å². The zero-order valence-corrected chi connectivity index (χ0v) is 12.8. The molecule has 0 N–H and O–H groups in total. The second-order valence-electron chi connectivity index (χ2n) is 5.06. The number of sulfonamides is 1. The third-order valence-corrected chi connectivity index (χ3v) is 5.13. The summed E-state index contributed by atoms with van der Waals surface area (Å²) in [5.74, 6) is -0.783. The number of hydrogen-bond donors (Lipinski definition) is 0. The van der Waals surface area contributed by atoms with Crippen LogP contribution in [0.15, 0.2) is 18.3 Å². The maximum atomic E-state index is 12.2. The van der Waals surface area contributed by atoms with Gasteiger partial charge in [0.05, 0.1) is 30.4 Å². The van der Waals surface area contributed by atoms with Crippen molar-refractivity contribution in [3.8, 4) is 11.9 Å². The van der Waals surface area contributed by atoms with Crippen LogP contribution in [0.3, 0.4) is 0 Å². The van der Waals surface area contributed by atoms with E-state index in [0.717, 1.165) is 4.31 Å². The highest BCUT2D eigenvalue weighted by Gasteiger charge is 2.36. The van der Waals surface area contributed by atoms with Crippen molar-refractivity contribution < 1.29 is 26.3 Å². The fourth-order valence-electron chi connectivity index (χ4n) is 2.13. The van der Waals surface area contributed by atoms with Crippen molar-refractivity contribution in [2.24, 2.45) is 0 Å². The first-order valence-corrected chi connectivity index (χ1v) is 8.38. The maximum Gasteiger partial charge on any atom is 0.390 e. The van der Waals surface area contributed by atoms with Crippen LogP contribution in [0.5, 0.6) is 5.88 Å². The van der Waals surface area contributed by atoms with Crippen LogP contribution in [0.4, 0.5) is 13.2 Å². The summed E-state index contributed by atoms with van der Waals surface area (Å²) in [6, 6.07) is 4.84. The molecule has 10 heteroatoms. The van der Waals surface area contributed by atoms with Crippen LogP contribution in [0, 0.1) is 11.3 Å². The molecule has 1 atom stereocenters. The molecule has 0 aliphatic carbocycles. The minimum absolute atomic E-state index is 0.0291. The molecule has 1 aliphatic rings. The molecule has 6 nitrogen and oxygen atoms in total. The van der Waals surface area contributed by atoms with Crippen molar-refractivity contribution in [3.05, 3.63) is 23.9 Å². The molecule has 1 fully saturated rings. The van der Waals surface area contributed by atoms with Crippen LogP contribution in [0.1, 0.15) is 18.4 Å². The number of pyridine rings is 1. The molecular formula is C13H14F3N3O3S. The molecule has 2 heterocycles. The first kappa shape index (κ1) is 17.5. The van der Waals surface area contributed by atoms with Crippen molar-refractivity contribution in [3.63, 3.8) is 0 Å². The monoisotopic (exact) mass is 349 g/mol. The van der Waals surface area contributed by atoms with Gasteiger partial charge in [-0.25, -0.2) is 13.4 Å². The number of hydrogen-bond acceptors (Lipinski definition) is 5. The Balaban J connectivity index is 1.94. The zero-order chi connectivity index (χ0) is 17.1. The summed E-state index contributed by atoms with van der Waals surface area (Å²) in [4.78, 5) is 3.92. The van der Waals surface area contributed by atoms with E-state index in [1.54, 1.807) is 0 Å². The average Bonchev–Trinajstić information content (AvgIpc) is 2.94. The second kappa shape index (κ2) is 6.72. The lowest BCUT2D eigenvalue weighted by molar-refractivity contribution is -0.130. The van der Waals surface area contributed by atoms with E-state index in [0.29, 0.717) is 12.0 Å². The topological polar surface area (TPSA) is 83.3 Å². The fourth-order valence-corrected chi connectivity index (χ4v) is 3.66. The van der Waals surface area contributed by atoms with Crippen LogP contribution < -0.4 is 4.74 Å². The smallest absolute Gasteiger partial charge is 0.390 e. The summed E-state index contributed by atoms with van der Waals surface area (Å²) in [5, 5.41) is 8.78. The van der Waals surface area contributed by atoms with E-state index in [1.807, 2.05) is 6.07 Å². The molecule has 1 aromatic heterocycles. The van der Waals surface area contributed by atoms with Gasteiger partial charge in [0.2, 0.25) is 15.9 Å². The molecule has 1 unspecified atom stereocenters. The molecule has 1 aliphatic heterocycles. The molecule has 0 radical (unpaired) electrons. The number of nitriles is 1. The Morgan fingerprint density at radius 3 is 2.87 bits per heavy atom. The standard InChI is InChI=1S/C13H14F3N3O3S/c14-13(15,16)3-6-23(20,21)19-5-2-11(9-19)22-12-7-10(8-17)1-4-18-12/h1,4,7,11H,2-3,5-6,9H2. The molecular weight excluding hydrogens is 335 g/mol. The van der Waals surface area contributed by atoms with E-state index in [-0.39, 0.29) is 19.0 Å². The number of ether oxygens (including phenoxy) is 1. The van der Waals surface area contributed by atoms with Gasteiger partial charge in [0.1, 0.15) is 6.10 Å². The van der Waals surface area contributed by atoms with Gasteiger partial charge >= 0.3 is 6.18 Å². The fraction of sp³-hybridized carbons (Fsp3) is 0.538. The molecule has 0 amide bonds. The lowest BCUT2D eigenvalue weighted by Crippen LogP contribution is -2.34. The Morgan fingerprint density at radius 2 is 2.22 bits per heavy atom. The predicted molar refractivity (Wildman–Crippen MR) is 74.0 cm³/mol. The molecule has 0 bridgehead atoms. The average molecular weight is 349 g/mol. The van der Waals surface area contributed by atoms with Crippen LogP contribution in [0.25, 0.3) is 0 Å². The second-order valence-corrected chi connectivity index (χ2v) is 7.15. The van der Waals surface area contributed by atoms with Gasteiger partial charge in [-0.2, -0.15) is 22.7 Å². The van der Waals surface area contributed by atoms with Gasteiger partial charge in [0.15, 0.2) is 0 Å². The van der Waals surface area contributed by atoms with Gasteiger partial charge in [-0.15, -0.1) is 0 Å². The van der Waals surface area contributed by atoms with E-state index < -0.39 is 34.5 Å². The zero-order valence-electron chi connectivity index (χ0n) is 12.0. The van der Waals surface area contributed by atoms with Gasteiger partial charge in [-0.1, -0.05) is 0 Å². The Hall–Kier alpha value is -1.86. The molecule has 2 rings (SSSR count). The summed E-state index contributed by atoms with van der Waals surface area (Å²) in [5.41, 5.74) is 0.350. The van der Waals surface area contributed by atoms with Crippen molar-refractivity contribution in [2.45, 2.75) is 25.1 Å². The van der Waals surface area contributed by atoms with Crippen molar-refractivity contribution in [1.82, 2.24) is 9.29 Å². The number of rotatable bonds is 5. The Kier molecular flexibility index (Phi) is 5.11. The van der Waals surface area contributed by atoms with Crippen molar-refractivity contribution in [2.75, 3.05) is 18.8 Å². The van der Waals surface area contributed by atoms with Gasteiger partial charge in [-0.3, -0.25) is 0 Å². The van der Waals surface area contributed by atoms with Gasteiger partial charge < -0.3 is 4.74 Å². The van der Waals surface area contributed by atoms with Crippen LogP contribution >= 0.6 is 0 Å². The third kappa shape index (κ3) is 5.07. The van der Waals surface area contributed by atoms with Crippen LogP contribution in [-0.4, -0.2) is 48.8 Å².